The Balaban J connectivity index is 1.81. The predicted molar refractivity (Wildman–Crippen MR) is 88.3 cm³/mol. The zero-order valence-corrected chi connectivity index (χ0v) is 13.7. The summed E-state index contributed by atoms with van der Waals surface area (Å²) >= 11 is 1.27. The van der Waals surface area contributed by atoms with Crippen LogP contribution in [0.15, 0.2) is 23.8 Å². The smallest absolute Gasteiger partial charge is 0.295 e. The largest absolute Gasteiger partial charge is 0.356 e. The molecule has 2 amide bonds. The van der Waals surface area contributed by atoms with E-state index in [9.17, 15) is 9.59 Å². The molecule has 7 nitrogen and oxygen atoms in total. The number of hydrogen-bond acceptors (Lipinski definition) is 6. The first-order chi connectivity index (χ1) is 11.2. The lowest BCUT2D eigenvalue weighted by Gasteiger charge is -2.02. The molecule has 122 valence electrons. The summed E-state index contributed by atoms with van der Waals surface area (Å²) in [5, 5.41) is 7.67. The van der Waals surface area contributed by atoms with E-state index in [1.807, 2.05) is 0 Å². The number of nitrogens with one attached hydrogen (secondary N) is 2. The molecule has 2 aromatic rings. The lowest BCUT2D eigenvalue weighted by Crippen LogP contribution is -2.26. The first-order valence-electron chi connectivity index (χ1n) is 7.48. The van der Waals surface area contributed by atoms with Crippen molar-refractivity contribution in [3.8, 4) is 0 Å². The summed E-state index contributed by atoms with van der Waals surface area (Å²) in [4.78, 5) is 35.6. The Hall–Kier alpha value is -2.35. The molecule has 0 radical (unpaired) electrons. The Morgan fingerprint density at radius 3 is 2.74 bits per heavy atom. The minimum Gasteiger partial charge on any atom is -0.356 e. The second-order valence-corrected chi connectivity index (χ2v) is 5.76. The van der Waals surface area contributed by atoms with Gasteiger partial charge >= 0.3 is 0 Å². The number of unbranched alkanes of at least 4 members (excludes halogenated alkanes) is 2. The molecule has 0 bridgehead atoms. The third-order valence-electron chi connectivity index (χ3n) is 2.99. The van der Waals surface area contributed by atoms with Gasteiger partial charge in [0.15, 0.2) is 5.13 Å². The van der Waals surface area contributed by atoms with Gasteiger partial charge < -0.3 is 5.32 Å². The summed E-state index contributed by atoms with van der Waals surface area (Å²) in [7, 11) is 0. The van der Waals surface area contributed by atoms with Crippen molar-refractivity contribution in [3.05, 3.63) is 35.4 Å². The van der Waals surface area contributed by atoms with E-state index >= 15 is 0 Å². The molecule has 0 aliphatic carbocycles. The van der Waals surface area contributed by atoms with E-state index in [-0.39, 0.29) is 18.2 Å². The van der Waals surface area contributed by atoms with E-state index in [0.717, 1.165) is 19.3 Å². The summed E-state index contributed by atoms with van der Waals surface area (Å²) in [5.74, 6) is -0.399. The molecular formula is C15H19N5O2S. The van der Waals surface area contributed by atoms with Crippen molar-refractivity contribution in [1.29, 1.82) is 0 Å². The van der Waals surface area contributed by atoms with Gasteiger partial charge in [-0.2, -0.15) is 0 Å². The van der Waals surface area contributed by atoms with Crippen molar-refractivity contribution in [2.75, 3.05) is 11.9 Å². The van der Waals surface area contributed by atoms with Gasteiger partial charge in [-0.1, -0.05) is 19.8 Å². The molecule has 23 heavy (non-hydrogen) atoms. The van der Waals surface area contributed by atoms with Crippen LogP contribution < -0.4 is 10.6 Å². The predicted octanol–water partition coefficient (Wildman–Crippen LogP) is 2.03. The quantitative estimate of drug-likeness (QED) is 0.721. The standard InChI is InChI=1S/C15H19N5O2S/c1-2-3-4-6-16-12(21)9-11-10-23-15(19-11)20-14(22)13-17-7-5-8-18-13/h5,7-8,10H,2-4,6,9H2,1H3,(H,16,21)(H,19,20,22). The molecule has 0 spiro atoms. The third kappa shape index (κ3) is 5.74. The molecule has 0 unspecified atom stereocenters. The number of nitrogens with zero attached hydrogens (tertiary/aromatic N) is 3. The van der Waals surface area contributed by atoms with Crippen LogP contribution in [-0.4, -0.2) is 33.3 Å². The second-order valence-electron chi connectivity index (χ2n) is 4.90. The van der Waals surface area contributed by atoms with Crippen LogP contribution in [0.4, 0.5) is 5.13 Å². The zero-order chi connectivity index (χ0) is 16.5. The van der Waals surface area contributed by atoms with E-state index in [1.54, 1.807) is 11.4 Å². The third-order valence-corrected chi connectivity index (χ3v) is 3.79. The number of thiazole rings is 1. The maximum Gasteiger partial charge on any atom is 0.295 e. The van der Waals surface area contributed by atoms with Crippen LogP contribution in [0.2, 0.25) is 0 Å². The Morgan fingerprint density at radius 2 is 2.00 bits per heavy atom. The number of amides is 2. The van der Waals surface area contributed by atoms with Crippen molar-refractivity contribution in [2.24, 2.45) is 0 Å². The Morgan fingerprint density at radius 1 is 1.22 bits per heavy atom. The molecule has 2 N–H and O–H groups in total. The van der Waals surface area contributed by atoms with Crippen LogP contribution in [-0.2, 0) is 11.2 Å². The van der Waals surface area contributed by atoms with Crippen molar-refractivity contribution in [2.45, 2.75) is 32.6 Å². The van der Waals surface area contributed by atoms with Gasteiger partial charge in [0, 0.05) is 24.3 Å². The van der Waals surface area contributed by atoms with Crippen LogP contribution in [0.5, 0.6) is 0 Å². The molecule has 2 aromatic heterocycles. The summed E-state index contributed by atoms with van der Waals surface area (Å²) in [5.41, 5.74) is 0.632. The molecule has 8 heteroatoms. The molecule has 0 saturated heterocycles. The van der Waals surface area contributed by atoms with E-state index in [2.05, 4.69) is 32.5 Å². The van der Waals surface area contributed by atoms with E-state index in [4.69, 9.17) is 0 Å². The highest BCUT2D eigenvalue weighted by Crippen LogP contribution is 2.16. The van der Waals surface area contributed by atoms with Crippen molar-refractivity contribution < 1.29 is 9.59 Å². The maximum atomic E-state index is 11.9. The van der Waals surface area contributed by atoms with E-state index in [0.29, 0.717) is 17.4 Å². The van der Waals surface area contributed by atoms with Crippen LogP contribution in [0.1, 0.15) is 42.5 Å². The topological polar surface area (TPSA) is 96.9 Å². The summed E-state index contributed by atoms with van der Waals surface area (Å²) in [6.45, 7) is 2.80. The van der Waals surface area contributed by atoms with Crippen LogP contribution in [0, 0.1) is 0 Å². The van der Waals surface area contributed by atoms with Gasteiger partial charge in [-0.25, -0.2) is 15.0 Å². The van der Waals surface area contributed by atoms with Gasteiger partial charge in [0.05, 0.1) is 12.1 Å². The zero-order valence-electron chi connectivity index (χ0n) is 12.9. The number of rotatable bonds is 8. The normalized spacial score (nSPS) is 10.3. The lowest BCUT2D eigenvalue weighted by molar-refractivity contribution is -0.120. The minimum atomic E-state index is -0.421. The van der Waals surface area contributed by atoms with Gasteiger partial charge in [-0.3, -0.25) is 14.9 Å². The molecule has 0 aliphatic rings. The van der Waals surface area contributed by atoms with Crippen LogP contribution in [0.25, 0.3) is 0 Å². The highest BCUT2D eigenvalue weighted by atomic mass is 32.1. The second kappa shape index (κ2) is 8.94. The Bertz CT molecular complexity index is 644. The van der Waals surface area contributed by atoms with E-state index < -0.39 is 5.91 Å². The Labute approximate surface area is 138 Å². The van der Waals surface area contributed by atoms with Gasteiger partial charge in [0.25, 0.3) is 5.91 Å². The highest BCUT2D eigenvalue weighted by Gasteiger charge is 2.12. The number of carbonyl (C=O) groups is 2. The minimum absolute atomic E-state index is 0.0596. The summed E-state index contributed by atoms with van der Waals surface area (Å²) < 4.78 is 0. The van der Waals surface area contributed by atoms with E-state index in [1.165, 1.54) is 23.7 Å². The highest BCUT2D eigenvalue weighted by molar-refractivity contribution is 7.14. The number of aromatic nitrogens is 3. The fourth-order valence-electron chi connectivity index (χ4n) is 1.84. The molecule has 0 saturated carbocycles. The monoisotopic (exact) mass is 333 g/mol. The molecular weight excluding hydrogens is 314 g/mol. The molecule has 2 heterocycles. The number of carbonyl (C=O) groups excluding carboxylic acids is 2. The summed E-state index contributed by atoms with van der Waals surface area (Å²) in [6, 6.07) is 1.64. The first kappa shape index (κ1) is 17.0. The van der Waals surface area contributed by atoms with Crippen molar-refractivity contribution in [3.63, 3.8) is 0 Å². The Kier molecular flexibility index (Phi) is 6.61. The average Bonchev–Trinajstić information content (AvgIpc) is 2.99. The van der Waals surface area contributed by atoms with Crippen molar-refractivity contribution in [1.82, 2.24) is 20.3 Å². The molecule has 2 rings (SSSR count). The van der Waals surface area contributed by atoms with Crippen molar-refractivity contribution >= 4 is 28.3 Å². The van der Waals surface area contributed by atoms with Gasteiger partial charge in [0.1, 0.15) is 0 Å². The SMILES string of the molecule is CCCCCNC(=O)Cc1csc(NC(=O)c2ncccn2)n1. The molecule has 0 fully saturated rings. The summed E-state index contributed by atoms with van der Waals surface area (Å²) in [6.07, 6.45) is 6.42. The number of hydrogen-bond donors (Lipinski definition) is 2. The molecule has 0 aliphatic heterocycles. The fourth-order valence-corrected chi connectivity index (χ4v) is 2.55. The maximum absolute atomic E-state index is 11.9. The van der Waals surface area contributed by atoms with Crippen LogP contribution >= 0.6 is 11.3 Å². The van der Waals surface area contributed by atoms with Gasteiger partial charge in [-0.05, 0) is 12.5 Å². The number of anilines is 1. The fraction of sp³-hybridized carbons (Fsp3) is 0.400. The van der Waals surface area contributed by atoms with Gasteiger partial charge in [0.2, 0.25) is 11.7 Å². The van der Waals surface area contributed by atoms with Gasteiger partial charge in [-0.15, -0.1) is 11.3 Å². The van der Waals surface area contributed by atoms with Crippen LogP contribution in [0.3, 0.4) is 0 Å². The molecule has 0 aromatic carbocycles. The molecule has 0 atom stereocenters. The first-order valence-corrected chi connectivity index (χ1v) is 8.36. The lowest BCUT2D eigenvalue weighted by atomic mass is 10.2. The average molecular weight is 333 g/mol.